The molecule has 54 heavy (non-hydrogen) atoms. The van der Waals surface area contributed by atoms with Gasteiger partial charge in [-0.3, -0.25) is 0 Å². The summed E-state index contributed by atoms with van der Waals surface area (Å²) in [6, 6.07) is 61.2. The van der Waals surface area contributed by atoms with Crippen LogP contribution < -0.4 is 4.90 Å². The van der Waals surface area contributed by atoms with Crippen LogP contribution in [0.2, 0.25) is 0 Å². The quantitative estimate of drug-likeness (QED) is 0.165. The molecule has 0 radical (unpaired) electrons. The van der Waals surface area contributed by atoms with Gasteiger partial charge < -0.3 is 9.32 Å². The Morgan fingerprint density at radius 1 is 0.352 bits per heavy atom. The van der Waals surface area contributed by atoms with E-state index >= 15 is 0 Å². The van der Waals surface area contributed by atoms with Gasteiger partial charge in [0, 0.05) is 33.9 Å². The first-order valence-corrected chi connectivity index (χ1v) is 18.0. The fourth-order valence-corrected chi connectivity index (χ4v) is 7.48. The molecular formula is C52H35NO. The van der Waals surface area contributed by atoms with E-state index in [4.69, 9.17) is 11.3 Å². The van der Waals surface area contributed by atoms with Crippen LogP contribution in [0.15, 0.2) is 217 Å². The van der Waals surface area contributed by atoms with E-state index < -0.39 is 6.04 Å². The lowest BCUT2D eigenvalue weighted by atomic mass is 9.95. The van der Waals surface area contributed by atoms with E-state index in [0.717, 1.165) is 50.1 Å². The van der Waals surface area contributed by atoms with Gasteiger partial charge in [-0.15, -0.1) is 0 Å². The maximum atomic E-state index is 8.51. The van der Waals surface area contributed by atoms with Crippen molar-refractivity contribution in [3.05, 3.63) is 212 Å². The molecule has 0 fully saturated rings. The fraction of sp³-hybridized carbons (Fsp3) is 0. The first kappa shape index (κ1) is 26.6. The summed E-state index contributed by atoms with van der Waals surface area (Å²) in [7, 11) is 0. The lowest BCUT2D eigenvalue weighted by molar-refractivity contribution is 0.669. The largest absolute Gasteiger partial charge is 0.456 e. The molecule has 1 heterocycles. The van der Waals surface area contributed by atoms with Crippen LogP contribution in [0.4, 0.5) is 17.1 Å². The van der Waals surface area contributed by atoms with Crippen molar-refractivity contribution in [2.24, 2.45) is 0 Å². The van der Waals surface area contributed by atoms with E-state index in [2.05, 4.69) is 144 Å². The number of hydrogen-bond donors (Lipinski definition) is 0. The van der Waals surface area contributed by atoms with Crippen LogP contribution in [0.3, 0.4) is 0 Å². The lowest BCUT2D eigenvalue weighted by Crippen LogP contribution is -2.09. The highest BCUT2D eigenvalue weighted by molar-refractivity contribution is 6.07. The number of nitrogens with zero attached hydrogens (tertiary/aromatic N) is 1. The van der Waals surface area contributed by atoms with E-state index in [-0.39, 0.29) is 29.7 Å². The van der Waals surface area contributed by atoms with Gasteiger partial charge in [0.2, 0.25) is 0 Å². The van der Waals surface area contributed by atoms with Crippen molar-refractivity contribution in [2.75, 3.05) is 4.90 Å². The van der Waals surface area contributed by atoms with Gasteiger partial charge in [-0.05, 0) is 110 Å². The third kappa shape index (κ3) is 5.81. The fourth-order valence-electron chi connectivity index (χ4n) is 7.48. The average Bonchev–Trinajstić information content (AvgIpc) is 3.65. The SMILES string of the molecule is [2H]c1c([2H])c([2H])c(-c2ccc3c(c2)oc2cc(N(c4ccc(-c5ccccc5)cc4)c4ccc(-c5cccc(-c6cccc7ccccc67)c5)cc4)ccc23)c([2H])c1[2H]. The van der Waals surface area contributed by atoms with E-state index in [1.165, 1.54) is 21.9 Å². The second kappa shape index (κ2) is 13.4. The molecule has 0 aliphatic rings. The van der Waals surface area contributed by atoms with Crippen LogP contribution in [0.25, 0.3) is 77.2 Å². The molecule has 0 N–H and O–H groups in total. The van der Waals surface area contributed by atoms with Crippen molar-refractivity contribution >= 4 is 49.8 Å². The van der Waals surface area contributed by atoms with Crippen molar-refractivity contribution in [1.82, 2.24) is 0 Å². The molecule has 0 bridgehead atoms. The van der Waals surface area contributed by atoms with Crippen molar-refractivity contribution in [1.29, 1.82) is 0 Å². The van der Waals surface area contributed by atoms with Crippen LogP contribution in [-0.4, -0.2) is 0 Å². The zero-order chi connectivity index (χ0) is 40.2. The zero-order valence-electron chi connectivity index (χ0n) is 34.2. The molecule has 0 atom stereocenters. The molecule has 0 saturated heterocycles. The molecular weight excluding hydrogens is 655 g/mol. The molecule has 254 valence electrons. The highest BCUT2D eigenvalue weighted by atomic mass is 16.3. The molecule has 0 unspecified atom stereocenters. The highest BCUT2D eigenvalue weighted by Gasteiger charge is 2.17. The van der Waals surface area contributed by atoms with Crippen LogP contribution in [0, 0.1) is 0 Å². The van der Waals surface area contributed by atoms with Gasteiger partial charge in [-0.25, -0.2) is 0 Å². The van der Waals surface area contributed by atoms with Crippen LogP contribution >= 0.6 is 0 Å². The molecule has 9 aromatic carbocycles. The molecule has 2 heteroatoms. The predicted molar refractivity (Wildman–Crippen MR) is 228 cm³/mol. The molecule has 0 spiro atoms. The Bertz CT molecular complexity index is 3180. The Morgan fingerprint density at radius 2 is 0.889 bits per heavy atom. The van der Waals surface area contributed by atoms with Gasteiger partial charge in [0.1, 0.15) is 11.2 Å². The van der Waals surface area contributed by atoms with Crippen LogP contribution in [0.5, 0.6) is 0 Å². The number of fused-ring (bicyclic) bond motifs is 4. The number of hydrogen-bond acceptors (Lipinski definition) is 2. The van der Waals surface area contributed by atoms with Gasteiger partial charge in [0.25, 0.3) is 0 Å². The Hall–Kier alpha value is -7.16. The summed E-state index contributed by atoms with van der Waals surface area (Å²) in [6.07, 6.45) is 0. The Morgan fingerprint density at radius 3 is 1.67 bits per heavy atom. The van der Waals surface area contributed by atoms with Crippen LogP contribution in [-0.2, 0) is 0 Å². The topological polar surface area (TPSA) is 16.4 Å². The van der Waals surface area contributed by atoms with Gasteiger partial charge >= 0.3 is 0 Å². The highest BCUT2D eigenvalue weighted by Crippen LogP contribution is 2.41. The summed E-state index contributed by atoms with van der Waals surface area (Å²) < 4.78 is 47.9. The van der Waals surface area contributed by atoms with Crippen molar-refractivity contribution < 1.29 is 11.3 Å². The number of anilines is 3. The smallest absolute Gasteiger partial charge is 0.137 e. The van der Waals surface area contributed by atoms with E-state index in [9.17, 15) is 0 Å². The Balaban J connectivity index is 1.05. The molecule has 2 nitrogen and oxygen atoms in total. The minimum atomic E-state index is -0.416. The van der Waals surface area contributed by atoms with Gasteiger partial charge in [-0.1, -0.05) is 152 Å². The minimum absolute atomic E-state index is 0.146. The van der Waals surface area contributed by atoms with Gasteiger partial charge in [0.05, 0.1) is 6.85 Å². The maximum absolute atomic E-state index is 8.51. The molecule has 0 amide bonds. The van der Waals surface area contributed by atoms with Gasteiger partial charge in [-0.2, -0.15) is 0 Å². The molecule has 1 aromatic heterocycles. The first-order chi connectivity index (χ1) is 28.8. The maximum Gasteiger partial charge on any atom is 0.137 e. The standard InChI is InChI=1S/C52H35NO/c1-3-11-36(12-4-1)38-21-26-44(27-22-38)53(46-30-32-50-49-31-25-42(37-13-5-2-6-14-37)34-51(49)54-52(50)35-46)45-28-23-39(24-29-45)41-17-9-18-43(33-41)48-20-10-16-40-15-7-8-19-47(40)48/h1-35H/i2D,5D,6D,13D,14D. The molecule has 0 aliphatic carbocycles. The summed E-state index contributed by atoms with van der Waals surface area (Å²) >= 11 is 0. The minimum Gasteiger partial charge on any atom is -0.456 e. The number of furan rings is 1. The number of rotatable bonds is 7. The molecule has 0 saturated carbocycles. The summed E-state index contributed by atoms with van der Waals surface area (Å²) in [6.45, 7) is 0. The van der Waals surface area contributed by atoms with E-state index in [0.29, 0.717) is 16.7 Å². The third-order valence-electron chi connectivity index (χ3n) is 10.2. The molecule has 10 rings (SSSR count). The molecule has 10 aromatic rings. The van der Waals surface area contributed by atoms with Crippen molar-refractivity contribution in [3.8, 4) is 44.5 Å². The van der Waals surface area contributed by atoms with Crippen LogP contribution in [0.1, 0.15) is 6.85 Å². The Kier molecular flexibility index (Phi) is 6.61. The van der Waals surface area contributed by atoms with Gasteiger partial charge in [0.15, 0.2) is 0 Å². The van der Waals surface area contributed by atoms with E-state index in [1.807, 2.05) is 30.3 Å². The molecule has 0 aliphatic heterocycles. The number of benzene rings is 9. The summed E-state index contributed by atoms with van der Waals surface area (Å²) in [5.74, 6) is 0. The summed E-state index contributed by atoms with van der Waals surface area (Å²) in [5.41, 5.74) is 11.6. The Labute approximate surface area is 321 Å². The second-order valence-corrected chi connectivity index (χ2v) is 13.4. The average molecular weight is 695 g/mol. The predicted octanol–water partition coefficient (Wildman–Crippen LogP) is 14.9. The van der Waals surface area contributed by atoms with Crippen molar-refractivity contribution in [2.45, 2.75) is 0 Å². The van der Waals surface area contributed by atoms with Crippen molar-refractivity contribution in [3.63, 3.8) is 0 Å². The zero-order valence-corrected chi connectivity index (χ0v) is 29.2. The monoisotopic (exact) mass is 694 g/mol. The summed E-state index contributed by atoms with van der Waals surface area (Å²) in [5, 5.41) is 4.23. The first-order valence-electron chi connectivity index (χ1n) is 20.5. The summed E-state index contributed by atoms with van der Waals surface area (Å²) in [4.78, 5) is 2.22. The normalized spacial score (nSPS) is 12.6. The van der Waals surface area contributed by atoms with E-state index in [1.54, 1.807) is 12.1 Å². The lowest BCUT2D eigenvalue weighted by Gasteiger charge is -2.26. The third-order valence-corrected chi connectivity index (χ3v) is 10.2. The second-order valence-electron chi connectivity index (χ2n) is 13.4.